The number of hydrogen-bond acceptors (Lipinski definition) is 3. The predicted octanol–water partition coefficient (Wildman–Crippen LogP) is 1.93. The minimum absolute atomic E-state index is 0.00415. The highest BCUT2D eigenvalue weighted by molar-refractivity contribution is 5.75. The first-order valence-corrected chi connectivity index (χ1v) is 6.71. The molecule has 0 aromatic heterocycles. The lowest BCUT2D eigenvalue weighted by Gasteiger charge is -2.09. The first-order chi connectivity index (χ1) is 8.99. The summed E-state index contributed by atoms with van der Waals surface area (Å²) in [4.78, 5) is 11.5. The lowest BCUT2D eigenvalue weighted by Crippen LogP contribution is -2.29. The molecule has 0 aliphatic carbocycles. The fourth-order valence-electron chi connectivity index (χ4n) is 1.59. The second kappa shape index (κ2) is 7.79. The molecular formula is C15H24N2O2. The number of hydrogen-bond donors (Lipinski definition) is 2. The van der Waals surface area contributed by atoms with Crippen molar-refractivity contribution in [2.45, 2.75) is 39.7 Å². The smallest absolute Gasteiger partial charge is 0.223 e. The van der Waals surface area contributed by atoms with Crippen LogP contribution in [0.2, 0.25) is 0 Å². The first kappa shape index (κ1) is 15.5. The molecule has 1 aromatic rings. The number of benzene rings is 1. The average molecular weight is 264 g/mol. The Labute approximate surface area is 115 Å². The highest BCUT2D eigenvalue weighted by Crippen LogP contribution is 2.16. The van der Waals surface area contributed by atoms with Gasteiger partial charge >= 0.3 is 0 Å². The van der Waals surface area contributed by atoms with E-state index in [9.17, 15) is 4.79 Å². The molecule has 3 N–H and O–H groups in total. The van der Waals surface area contributed by atoms with Crippen molar-refractivity contribution < 1.29 is 9.53 Å². The molecule has 0 spiro atoms. The number of amides is 1. The van der Waals surface area contributed by atoms with Crippen molar-refractivity contribution in [1.82, 2.24) is 5.32 Å². The maximum atomic E-state index is 11.5. The highest BCUT2D eigenvalue weighted by atomic mass is 16.5. The molecule has 19 heavy (non-hydrogen) atoms. The average Bonchev–Trinajstić information content (AvgIpc) is 2.33. The van der Waals surface area contributed by atoms with Gasteiger partial charge < -0.3 is 15.8 Å². The Morgan fingerprint density at radius 2 is 2.11 bits per heavy atom. The third-order valence-corrected chi connectivity index (χ3v) is 3.00. The monoisotopic (exact) mass is 264 g/mol. The number of carbonyl (C=O) groups excluding carboxylic acids is 1. The maximum Gasteiger partial charge on any atom is 0.223 e. The predicted molar refractivity (Wildman–Crippen MR) is 77.3 cm³/mol. The van der Waals surface area contributed by atoms with Crippen LogP contribution in [0.25, 0.3) is 0 Å². The van der Waals surface area contributed by atoms with Crippen LogP contribution in [0.15, 0.2) is 18.2 Å². The number of nitrogens with one attached hydrogen (secondary N) is 1. The molecule has 0 heterocycles. The molecule has 0 fully saturated rings. The highest BCUT2D eigenvalue weighted by Gasteiger charge is 2.03. The number of ether oxygens (including phenoxy) is 1. The van der Waals surface area contributed by atoms with Crippen LogP contribution < -0.4 is 15.8 Å². The molecule has 4 nitrogen and oxygen atoms in total. The van der Waals surface area contributed by atoms with Crippen molar-refractivity contribution in [3.63, 3.8) is 0 Å². The molecule has 1 rings (SSSR count). The Morgan fingerprint density at radius 1 is 1.37 bits per heavy atom. The molecule has 1 amide bonds. The van der Waals surface area contributed by atoms with Gasteiger partial charge in [0.2, 0.25) is 5.91 Å². The molecular weight excluding hydrogens is 240 g/mol. The van der Waals surface area contributed by atoms with Crippen molar-refractivity contribution in [1.29, 1.82) is 0 Å². The summed E-state index contributed by atoms with van der Waals surface area (Å²) >= 11 is 0. The Balaban J connectivity index is 2.22. The summed E-state index contributed by atoms with van der Waals surface area (Å²) < 4.78 is 5.55. The minimum atomic E-state index is 0.00415. The van der Waals surface area contributed by atoms with Crippen LogP contribution in [-0.2, 0) is 4.79 Å². The largest absolute Gasteiger partial charge is 0.493 e. The zero-order chi connectivity index (χ0) is 14.3. The van der Waals surface area contributed by atoms with Gasteiger partial charge in [0.15, 0.2) is 0 Å². The van der Waals surface area contributed by atoms with E-state index < -0.39 is 0 Å². The third kappa shape index (κ3) is 6.25. The van der Waals surface area contributed by atoms with E-state index in [1.807, 2.05) is 32.0 Å². The Kier molecular flexibility index (Phi) is 6.36. The molecule has 0 radical (unpaired) electrons. The van der Waals surface area contributed by atoms with Crippen LogP contribution in [0.5, 0.6) is 5.75 Å². The van der Waals surface area contributed by atoms with Crippen LogP contribution >= 0.6 is 0 Å². The number of aryl methyl sites for hydroxylation is 2. The summed E-state index contributed by atoms with van der Waals surface area (Å²) in [5, 5.41) is 2.82. The van der Waals surface area contributed by atoms with E-state index in [1.54, 1.807) is 0 Å². The van der Waals surface area contributed by atoms with Crippen molar-refractivity contribution in [2.24, 2.45) is 5.73 Å². The summed E-state index contributed by atoms with van der Waals surface area (Å²) in [6, 6.07) is 6.06. The summed E-state index contributed by atoms with van der Waals surface area (Å²) in [6.07, 6.45) is 1.16. The van der Waals surface area contributed by atoms with E-state index in [2.05, 4.69) is 12.2 Å². The van der Waals surface area contributed by atoms with Gasteiger partial charge in [-0.15, -0.1) is 0 Å². The van der Waals surface area contributed by atoms with Gasteiger partial charge in [0.05, 0.1) is 13.0 Å². The zero-order valence-corrected chi connectivity index (χ0v) is 12.0. The fourth-order valence-corrected chi connectivity index (χ4v) is 1.59. The van der Waals surface area contributed by atoms with Crippen LogP contribution in [0.4, 0.5) is 0 Å². The lowest BCUT2D eigenvalue weighted by molar-refractivity contribution is -0.121. The topological polar surface area (TPSA) is 64.3 Å². The molecule has 4 heteroatoms. The van der Waals surface area contributed by atoms with Crippen molar-refractivity contribution in [2.75, 3.05) is 13.2 Å². The first-order valence-electron chi connectivity index (χ1n) is 6.71. The van der Waals surface area contributed by atoms with E-state index >= 15 is 0 Å². The van der Waals surface area contributed by atoms with Gasteiger partial charge in [-0.3, -0.25) is 4.79 Å². The van der Waals surface area contributed by atoms with Gasteiger partial charge in [-0.2, -0.15) is 0 Å². The number of rotatable bonds is 7. The molecule has 0 bridgehead atoms. The second-order valence-electron chi connectivity index (χ2n) is 4.96. The van der Waals surface area contributed by atoms with Crippen molar-refractivity contribution in [3.05, 3.63) is 29.3 Å². The quantitative estimate of drug-likeness (QED) is 0.791. The molecule has 1 atom stereocenters. The van der Waals surface area contributed by atoms with E-state index in [4.69, 9.17) is 10.5 Å². The van der Waals surface area contributed by atoms with E-state index in [-0.39, 0.29) is 11.9 Å². The SMILES string of the molecule is Cc1ccc(OCCC(=O)NCCC(C)N)cc1C. The van der Waals surface area contributed by atoms with Gasteiger partial charge in [-0.1, -0.05) is 6.07 Å². The molecule has 106 valence electrons. The summed E-state index contributed by atoms with van der Waals surface area (Å²) in [6.45, 7) is 7.05. The van der Waals surface area contributed by atoms with Gasteiger partial charge in [0.1, 0.15) is 5.75 Å². The molecule has 0 saturated carbocycles. The van der Waals surface area contributed by atoms with Crippen LogP contribution in [0.3, 0.4) is 0 Å². The Hall–Kier alpha value is -1.55. The Morgan fingerprint density at radius 3 is 2.74 bits per heavy atom. The van der Waals surface area contributed by atoms with Gasteiger partial charge in [0, 0.05) is 12.6 Å². The molecule has 0 aliphatic heterocycles. The van der Waals surface area contributed by atoms with Crippen molar-refractivity contribution >= 4 is 5.91 Å². The molecule has 1 aromatic carbocycles. The van der Waals surface area contributed by atoms with E-state index in [1.165, 1.54) is 11.1 Å². The third-order valence-electron chi connectivity index (χ3n) is 3.00. The minimum Gasteiger partial charge on any atom is -0.493 e. The van der Waals surface area contributed by atoms with Crippen LogP contribution in [-0.4, -0.2) is 25.1 Å². The molecule has 0 saturated heterocycles. The van der Waals surface area contributed by atoms with Crippen molar-refractivity contribution in [3.8, 4) is 5.75 Å². The summed E-state index contributed by atoms with van der Waals surface area (Å²) in [5.74, 6) is 0.816. The van der Waals surface area contributed by atoms with Crippen LogP contribution in [0.1, 0.15) is 30.9 Å². The second-order valence-corrected chi connectivity index (χ2v) is 4.96. The number of nitrogens with two attached hydrogens (primary N) is 1. The van der Waals surface area contributed by atoms with Crippen LogP contribution in [0, 0.1) is 13.8 Å². The zero-order valence-electron chi connectivity index (χ0n) is 12.0. The van der Waals surface area contributed by atoms with Gasteiger partial charge in [-0.25, -0.2) is 0 Å². The standard InChI is InChI=1S/C15H24N2O2/c1-11-4-5-14(10-12(11)2)19-9-7-15(18)17-8-6-13(3)16/h4-5,10,13H,6-9,16H2,1-3H3,(H,17,18). The van der Waals surface area contributed by atoms with E-state index in [0.717, 1.165) is 12.2 Å². The summed E-state index contributed by atoms with van der Waals surface area (Å²) in [5.41, 5.74) is 8.04. The van der Waals surface area contributed by atoms with Gasteiger partial charge in [-0.05, 0) is 50.5 Å². The number of carbonyl (C=O) groups is 1. The summed E-state index contributed by atoms with van der Waals surface area (Å²) in [7, 11) is 0. The Bertz CT molecular complexity index is 417. The fraction of sp³-hybridized carbons (Fsp3) is 0.533. The molecule has 0 aliphatic rings. The van der Waals surface area contributed by atoms with E-state index in [0.29, 0.717) is 19.6 Å². The maximum absolute atomic E-state index is 11.5. The molecule has 1 unspecified atom stereocenters. The van der Waals surface area contributed by atoms with Gasteiger partial charge in [0.25, 0.3) is 0 Å². The normalized spacial score (nSPS) is 12.0. The lowest BCUT2D eigenvalue weighted by atomic mass is 10.1.